The van der Waals surface area contributed by atoms with Crippen LogP contribution in [0.25, 0.3) is 22.6 Å². The fourth-order valence-electron chi connectivity index (χ4n) is 3.80. The number of nitrogens with one attached hydrogen (secondary N) is 1. The molecule has 0 fully saturated rings. The molecule has 1 aliphatic rings. The molecule has 2 heterocycles. The molecule has 0 bridgehead atoms. The van der Waals surface area contributed by atoms with Crippen LogP contribution in [-0.2, 0) is 19.4 Å². The van der Waals surface area contributed by atoms with Crippen LogP contribution in [0.5, 0.6) is 0 Å². The Balaban J connectivity index is 1.24. The van der Waals surface area contributed by atoms with Gasteiger partial charge >= 0.3 is 0 Å². The van der Waals surface area contributed by atoms with Crippen molar-refractivity contribution in [2.75, 3.05) is 0 Å². The number of fused-ring (bicyclic) bond motifs is 1. The first-order valence-corrected chi connectivity index (χ1v) is 11.5. The molecule has 0 saturated carbocycles. The number of hydrogen-bond donors (Lipinski definition) is 1. The van der Waals surface area contributed by atoms with Crippen molar-refractivity contribution >= 4 is 28.8 Å². The summed E-state index contributed by atoms with van der Waals surface area (Å²) in [6, 6.07) is 15.6. The second-order valence-corrected chi connectivity index (χ2v) is 8.96. The van der Waals surface area contributed by atoms with Gasteiger partial charge < -0.3 is 9.84 Å². The lowest BCUT2D eigenvalue weighted by molar-refractivity contribution is 0.0942. The average Bonchev–Trinajstić information content (AvgIpc) is 3.48. The van der Waals surface area contributed by atoms with Gasteiger partial charge in [-0.2, -0.15) is 0 Å². The predicted molar refractivity (Wildman–Crippen MR) is 122 cm³/mol. The van der Waals surface area contributed by atoms with Gasteiger partial charge in [0.1, 0.15) is 5.01 Å². The molecule has 5 rings (SSSR count). The van der Waals surface area contributed by atoms with Crippen molar-refractivity contribution in [1.29, 1.82) is 0 Å². The van der Waals surface area contributed by atoms with E-state index >= 15 is 0 Å². The van der Waals surface area contributed by atoms with Crippen LogP contribution < -0.4 is 5.32 Å². The molecule has 0 atom stereocenters. The fourth-order valence-corrected chi connectivity index (χ4v) is 4.67. The summed E-state index contributed by atoms with van der Waals surface area (Å²) in [6.45, 7) is 0.331. The summed E-state index contributed by atoms with van der Waals surface area (Å²) in [5.74, 6) is 0.328. The first kappa shape index (κ1) is 20.0. The van der Waals surface area contributed by atoms with Crippen molar-refractivity contribution in [3.05, 3.63) is 80.8 Å². The van der Waals surface area contributed by atoms with E-state index in [2.05, 4.69) is 27.6 Å². The van der Waals surface area contributed by atoms with Crippen molar-refractivity contribution < 1.29 is 9.32 Å². The molecule has 1 aliphatic carbocycles. The van der Waals surface area contributed by atoms with Crippen LogP contribution in [0.3, 0.4) is 0 Å². The maximum atomic E-state index is 12.5. The molecule has 0 radical (unpaired) electrons. The Labute approximate surface area is 189 Å². The lowest BCUT2D eigenvalue weighted by atomic mass is 9.90. The third-order valence-corrected chi connectivity index (χ3v) is 6.57. The average molecular weight is 450 g/mol. The number of carbonyl (C=O) groups excluding carboxylic acids is 1. The molecule has 156 valence electrons. The molecule has 1 amide bonds. The maximum absolute atomic E-state index is 12.5. The number of halogens is 1. The molecule has 4 aromatic rings. The number of aromatic nitrogens is 2. The van der Waals surface area contributed by atoms with Gasteiger partial charge in [0.15, 0.2) is 11.5 Å². The SMILES string of the molecule is O=C(NCc1nc(-c2ccc(Cl)cc2)cs1)c1cc(-c2ccc3c(c2)CCCC3)on1. The molecule has 31 heavy (non-hydrogen) atoms. The normalized spacial score (nSPS) is 13.1. The summed E-state index contributed by atoms with van der Waals surface area (Å²) in [6.07, 6.45) is 4.70. The molecule has 2 aromatic heterocycles. The van der Waals surface area contributed by atoms with E-state index in [-0.39, 0.29) is 11.6 Å². The standard InChI is InChI=1S/C24H20ClN3O2S/c25-19-9-7-16(8-10-19)21-14-31-23(27-21)13-26-24(29)20-12-22(30-28-20)18-6-5-15-3-1-2-4-17(15)11-18/h5-12,14H,1-4,13H2,(H,26,29). The first-order chi connectivity index (χ1) is 15.2. The van der Waals surface area contributed by atoms with Gasteiger partial charge in [-0.15, -0.1) is 11.3 Å². The molecule has 2 aromatic carbocycles. The minimum Gasteiger partial charge on any atom is -0.355 e. The number of hydrogen-bond acceptors (Lipinski definition) is 5. The second-order valence-electron chi connectivity index (χ2n) is 7.58. The maximum Gasteiger partial charge on any atom is 0.273 e. The lowest BCUT2D eigenvalue weighted by Gasteiger charge is -2.15. The molecule has 0 saturated heterocycles. The quantitative estimate of drug-likeness (QED) is 0.410. The molecule has 1 N–H and O–H groups in total. The number of carbonyl (C=O) groups is 1. The van der Waals surface area contributed by atoms with E-state index in [1.54, 1.807) is 6.07 Å². The Morgan fingerprint density at radius 3 is 2.65 bits per heavy atom. The van der Waals surface area contributed by atoms with Crippen LogP contribution in [0.2, 0.25) is 5.02 Å². The van der Waals surface area contributed by atoms with Gasteiger partial charge in [0.05, 0.1) is 12.2 Å². The molecular formula is C24H20ClN3O2S. The first-order valence-electron chi connectivity index (χ1n) is 10.2. The van der Waals surface area contributed by atoms with Gasteiger partial charge in [0.2, 0.25) is 0 Å². The monoisotopic (exact) mass is 449 g/mol. The lowest BCUT2D eigenvalue weighted by Crippen LogP contribution is -2.22. The highest BCUT2D eigenvalue weighted by atomic mass is 35.5. The molecular weight excluding hydrogens is 430 g/mol. The zero-order valence-corrected chi connectivity index (χ0v) is 18.3. The van der Waals surface area contributed by atoms with Crippen LogP contribution in [0, 0.1) is 0 Å². The van der Waals surface area contributed by atoms with E-state index in [1.807, 2.05) is 35.7 Å². The number of rotatable bonds is 5. The summed E-state index contributed by atoms with van der Waals surface area (Å²) in [5.41, 5.74) is 5.86. The topological polar surface area (TPSA) is 68.0 Å². The summed E-state index contributed by atoms with van der Waals surface area (Å²) in [5, 5.41) is 10.3. The Morgan fingerprint density at radius 2 is 1.81 bits per heavy atom. The number of aryl methyl sites for hydroxylation is 2. The molecule has 5 nitrogen and oxygen atoms in total. The van der Waals surface area contributed by atoms with Crippen molar-refractivity contribution in [2.24, 2.45) is 0 Å². The summed E-state index contributed by atoms with van der Waals surface area (Å²) in [7, 11) is 0. The van der Waals surface area contributed by atoms with Crippen molar-refractivity contribution in [3.8, 4) is 22.6 Å². The minimum absolute atomic E-state index is 0.266. The number of thiazole rings is 1. The van der Waals surface area contributed by atoms with Crippen LogP contribution in [0.4, 0.5) is 0 Å². The van der Waals surface area contributed by atoms with Gasteiger partial charge in [0.25, 0.3) is 5.91 Å². The highest BCUT2D eigenvalue weighted by molar-refractivity contribution is 7.09. The number of amides is 1. The van der Waals surface area contributed by atoms with Crippen LogP contribution in [0.15, 0.2) is 58.4 Å². The van der Waals surface area contributed by atoms with E-state index in [0.717, 1.165) is 34.7 Å². The van der Waals surface area contributed by atoms with Gasteiger partial charge in [0, 0.05) is 27.6 Å². The summed E-state index contributed by atoms with van der Waals surface area (Å²) < 4.78 is 5.45. The highest BCUT2D eigenvalue weighted by Crippen LogP contribution is 2.28. The Morgan fingerprint density at radius 1 is 1.03 bits per heavy atom. The third-order valence-electron chi connectivity index (χ3n) is 5.47. The summed E-state index contributed by atoms with van der Waals surface area (Å²) in [4.78, 5) is 17.1. The van der Waals surface area contributed by atoms with Crippen LogP contribution >= 0.6 is 22.9 Å². The minimum atomic E-state index is -0.281. The van der Waals surface area contributed by atoms with Crippen LogP contribution in [-0.4, -0.2) is 16.0 Å². The van der Waals surface area contributed by atoms with E-state index in [4.69, 9.17) is 16.1 Å². The Bertz CT molecular complexity index is 1230. The zero-order chi connectivity index (χ0) is 21.2. The van der Waals surface area contributed by atoms with Crippen molar-refractivity contribution in [1.82, 2.24) is 15.5 Å². The Kier molecular flexibility index (Phi) is 5.57. The molecule has 0 unspecified atom stereocenters. The van der Waals surface area contributed by atoms with E-state index < -0.39 is 0 Å². The Hall–Kier alpha value is -2.96. The van der Waals surface area contributed by atoms with E-state index in [0.29, 0.717) is 17.3 Å². The molecule has 0 spiro atoms. The molecule has 7 heteroatoms. The van der Waals surface area contributed by atoms with Crippen molar-refractivity contribution in [2.45, 2.75) is 32.2 Å². The van der Waals surface area contributed by atoms with Gasteiger partial charge in [-0.05, 0) is 55.0 Å². The van der Waals surface area contributed by atoms with Crippen LogP contribution in [0.1, 0.15) is 39.5 Å². The molecule has 0 aliphatic heterocycles. The van der Waals surface area contributed by atoms with E-state index in [9.17, 15) is 4.79 Å². The zero-order valence-electron chi connectivity index (χ0n) is 16.7. The van der Waals surface area contributed by atoms with Gasteiger partial charge in [-0.25, -0.2) is 4.98 Å². The number of benzene rings is 2. The largest absolute Gasteiger partial charge is 0.355 e. The summed E-state index contributed by atoms with van der Waals surface area (Å²) >= 11 is 7.44. The third kappa shape index (κ3) is 4.40. The highest BCUT2D eigenvalue weighted by Gasteiger charge is 2.16. The second kappa shape index (κ2) is 8.65. The van der Waals surface area contributed by atoms with Gasteiger partial charge in [-0.3, -0.25) is 4.79 Å². The number of nitrogens with zero attached hydrogens (tertiary/aromatic N) is 2. The fraction of sp³-hybridized carbons (Fsp3) is 0.208. The smallest absolute Gasteiger partial charge is 0.273 e. The predicted octanol–water partition coefficient (Wildman–Crippen LogP) is 5.93. The van der Waals surface area contributed by atoms with E-state index in [1.165, 1.54) is 35.3 Å². The van der Waals surface area contributed by atoms with Crippen molar-refractivity contribution in [3.63, 3.8) is 0 Å². The van der Waals surface area contributed by atoms with Gasteiger partial charge in [-0.1, -0.05) is 41.0 Å².